The lowest BCUT2D eigenvalue weighted by Gasteiger charge is -2.23. The van der Waals surface area contributed by atoms with E-state index in [2.05, 4.69) is 0 Å². The second kappa shape index (κ2) is 7.33. The third kappa shape index (κ3) is 4.36. The number of anilines is 1. The first kappa shape index (κ1) is 18.8. The Kier molecular flexibility index (Phi) is 5.98. The summed E-state index contributed by atoms with van der Waals surface area (Å²) in [4.78, 5) is 21.3. The van der Waals surface area contributed by atoms with E-state index in [-0.39, 0.29) is 5.69 Å². The van der Waals surface area contributed by atoms with Crippen LogP contribution < -0.4 is 4.90 Å². The van der Waals surface area contributed by atoms with Gasteiger partial charge >= 0.3 is 11.4 Å². The van der Waals surface area contributed by atoms with Crippen LogP contribution in [-0.2, 0) is 10.1 Å². The SMILES string of the molecule is CCCN(CCC)c1c([N+](=O)[O-])cc(S(=O)(=O)O)cc1[N+](=O)[O-]. The van der Waals surface area contributed by atoms with Crippen LogP contribution in [0.25, 0.3) is 0 Å². The van der Waals surface area contributed by atoms with Gasteiger partial charge in [-0.2, -0.15) is 8.42 Å². The standard InChI is InChI=1S/C12H17N3O7S/c1-3-5-13(6-4-2)12-10(14(16)17)7-9(23(20,21)22)8-11(12)15(18)19/h7-8H,3-6H2,1-2H3,(H,20,21,22). The number of rotatable bonds is 8. The Morgan fingerprint density at radius 2 is 1.43 bits per heavy atom. The van der Waals surface area contributed by atoms with E-state index in [9.17, 15) is 28.6 Å². The van der Waals surface area contributed by atoms with Gasteiger partial charge in [0.2, 0.25) is 0 Å². The molecule has 0 radical (unpaired) electrons. The van der Waals surface area contributed by atoms with Gasteiger partial charge in [-0.3, -0.25) is 24.8 Å². The number of nitrogens with zero attached hydrogens (tertiary/aromatic N) is 3. The summed E-state index contributed by atoms with van der Waals surface area (Å²) in [7, 11) is -4.81. The lowest BCUT2D eigenvalue weighted by molar-refractivity contribution is -0.393. The molecule has 0 saturated carbocycles. The fourth-order valence-corrected chi connectivity index (χ4v) is 2.73. The minimum atomic E-state index is -4.81. The van der Waals surface area contributed by atoms with Crippen molar-refractivity contribution in [3.8, 4) is 0 Å². The molecule has 23 heavy (non-hydrogen) atoms. The smallest absolute Gasteiger partial charge is 0.301 e. The maximum absolute atomic E-state index is 11.3. The predicted molar refractivity (Wildman–Crippen MR) is 82.4 cm³/mol. The summed E-state index contributed by atoms with van der Waals surface area (Å²) < 4.78 is 31.5. The molecule has 0 fully saturated rings. The van der Waals surface area contributed by atoms with E-state index in [1.807, 2.05) is 13.8 Å². The third-order valence-corrected chi connectivity index (χ3v) is 3.87. The van der Waals surface area contributed by atoms with Crippen LogP contribution in [-0.4, -0.2) is 35.9 Å². The lowest BCUT2D eigenvalue weighted by atomic mass is 10.2. The highest BCUT2D eigenvalue weighted by molar-refractivity contribution is 7.85. The maximum atomic E-state index is 11.3. The largest absolute Gasteiger partial charge is 0.360 e. The molecule has 0 aliphatic carbocycles. The van der Waals surface area contributed by atoms with Crippen molar-refractivity contribution in [2.45, 2.75) is 31.6 Å². The van der Waals surface area contributed by atoms with Crippen molar-refractivity contribution in [2.75, 3.05) is 18.0 Å². The van der Waals surface area contributed by atoms with Crippen molar-refractivity contribution in [1.29, 1.82) is 0 Å². The van der Waals surface area contributed by atoms with Crippen LogP contribution >= 0.6 is 0 Å². The van der Waals surface area contributed by atoms with Crippen LogP contribution in [0.1, 0.15) is 26.7 Å². The van der Waals surface area contributed by atoms with Crippen molar-refractivity contribution in [3.63, 3.8) is 0 Å². The highest BCUT2D eigenvalue weighted by Crippen LogP contribution is 2.40. The fourth-order valence-electron chi connectivity index (χ4n) is 2.21. The Labute approximate surface area is 132 Å². The van der Waals surface area contributed by atoms with Gasteiger partial charge < -0.3 is 4.90 Å². The molecule has 0 saturated heterocycles. The van der Waals surface area contributed by atoms with Crippen LogP contribution in [0.4, 0.5) is 17.1 Å². The molecule has 10 nitrogen and oxygen atoms in total. The number of hydrogen-bond donors (Lipinski definition) is 1. The van der Waals surface area contributed by atoms with Gasteiger partial charge in [-0.15, -0.1) is 0 Å². The molecule has 1 aromatic rings. The van der Waals surface area contributed by atoms with E-state index in [0.29, 0.717) is 38.1 Å². The normalized spacial score (nSPS) is 11.3. The second-order valence-corrected chi connectivity index (χ2v) is 6.21. The molecule has 1 aromatic carbocycles. The molecule has 128 valence electrons. The van der Waals surface area contributed by atoms with Gasteiger partial charge in [-0.05, 0) is 12.8 Å². The van der Waals surface area contributed by atoms with E-state index in [4.69, 9.17) is 4.55 Å². The van der Waals surface area contributed by atoms with Gasteiger partial charge in [0.25, 0.3) is 10.1 Å². The molecule has 0 amide bonds. The Morgan fingerprint density at radius 1 is 1.04 bits per heavy atom. The molecule has 0 unspecified atom stereocenters. The van der Waals surface area contributed by atoms with Gasteiger partial charge in [0, 0.05) is 25.2 Å². The van der Waals surface area contributed by atoms with Crippen molar-refractivity contribution >= 4 is 27.2 Å². The van der Waals surface area contributed by atoms with Crippen LogP contribution in [0.15, 0.2) is 17.0 Å². The van der Waals surface area contributed by atoms with Crippen LogP contribution in [0, 0.1) is 20.2 Å². The van der Waals surface area contributed by atoms with E-state index in [1.54, 1.807) is 0 Å². The first-order valence-corrected chi connectivity index (χ1v) is 8.26. The molecule has 1 rings (SSSR count). The zero-order valence-corrected chi connectivity index (χ0v) is 13.4. The number of nitro benzene ring substituents is 2. The molecular weight excluding hydrogens is 330 g/mol. The van der Waals surface area contributed by atoms with Gasteiger partial charge in [-0.25, -0.2) is 0 Å². The average molecular weight is 347 g/mol. The Bertz CT molecular complexity index is 676. The minimum absolute atomic E-state index is 0.254. The molecule has 1 N–H and O–H groups in total. The Morgan fingerprint density at radius 3 is 1.70 bits per heavy atom. The molecule has 0 heterocycles. The van der Waals surface area contributed by atoms with E-state index in [1.165, 1.54) is 4.90 Å². The summed E-state index contributed by atoms with van der Waals surface area (Å²) in [6, 6.07) is 1.27. The van der Waals surface area contributed by atoms with Crippen molar-refractivity contribution in [3.05, 3.63) is 32.4 Å². The molecular formula is C12H17N3O7S. The second-order valence-electron chi connectivity index (χ2n) is 4.79. The first-order valence-electron chi connectivity index (χ1n) is 6.82. The minimum Gasteiger partial charge on any atom is -0.360 e. The summed E-state index contributed by atoms with van der Waals surface area (Å²) in [6.07, 6.45) is 1.18. The highest BCUT2D eigenvalue weighted by Gasteiger charge is 2.33. The molecule has 0 aliphatic rings. The van der Waals surface area contributed by atoms with Crippen LogP contribution in [0.3, 0.4) is 0 Å². The van der Waals surface area contributed by atoms with Gasteiger partial charge in [0.1, 0.15) is 4.90 Å². The predicted octanol–water partition coefficient (Wildman–Crippen LogP) is 2.38. The number of nitro groups is 2. The van der Waals surface area contributed by atoms with E-state index < -0.39 is 36.2 Å². The molecule has 0 bridgehead atoms. The maximum Gasteiger partial charge on any atom is 0.301 e. The van der Waals surface area contributed by atoms with Crippen molar-refractivity contribution in [1.82, 2.24) is 0 Å². The van der Waals surface area contributed by atoms with Gasteiger partial charge in [0.05, 0.1) is 9.85 Å². The summed E-state index contributed by atoms with van der Waals surface area (Å²) in [5.74, 6) is 0. The Balaban J connectivity index is 3.77. The average Bonchev–Trinajstić information content (AvgIpc) is 2.44. The zero-order valence-electron chi connectivity index (χ0n) is 12.6. The number of benzene rings is 1. The first-order chi connectivity index (χ1) is 10.6. The fraction of sp³-hybridized carbons (Fsp3) is 0.500. The lowest BCUT2D eigenvalue weighted by Crippen LogP contribution is -2.26. The Hall–Kier alpha value is -2.27. The van der Waals surface area contributed by atoms with Gasteiger partial charge in [-0.1, -0.05) is 13.8 Å². The topological polar surface area (TPSA) is 144 Å². The monoisotopic (exact) mass is 347 g/mol. The molecule has 11 heteroatoms. The van der Waals surface area contributed by atoms with E-state index in [0.717, 1.165) is 0 Å². The van der Waals surface area contributed by atoms with Crippen LogP contribution in [0.2, 0.25) is 0 Å². The van der Waals surface area contributed by atoms with Crippen LogP contribution in [0.5, 0.6) is 0 Å². The van der Waals surface area contributed by atoms with E-state index >= 15 is 0 Å². The molecule has 0 aromatic heterocycles. The van der Waals surface area contributed by atoms with Crippen molar-refractivity contribution < 1.29 is 22.8 Å². The molecule has 0 aliphatic heterocycles. The van der Waals surface area contributed by atoms with Gasteiger partial charge in [0.15, 0.2) is 5.69 Å². The summed E-state index contributed by atoms with van der Waals surface area (Å²) in [6.45, 7) is 4.29. The zero-order chi connectivity index (χ0) is 17.8. The number of hydrogen-bond acceptors (Lipinski definition) is 7. The summed E-state index contributed by atoms with van der Waals surface area (Å²) in [5.41, 5.74) is -1.71. The molecule has 0 spiro atoms. The highest BCUT2D eigenvalue weighted by atomic mass is 32.2. The van der Waals surface area contributed by atoms with Crippen molar-refractivity contribution in [2.24, 2.45) is 0 Å². The third-order valence-electron chi connectivity index (χ3n) is 3.04. The summed E-state index contributed by atoms with van der Waals surface area (Å²) in [5, 5.41) is 22.5. The quantitative estimate of drug-likeness (QED) is 0.428. The molecule has 0 atom stereocenters. The summed E-state index contributed by atoms with van der Waals surface area (Å²) >= 11 is 0.